The Bertz CT molecular complexity index is 974. The minimum Gasteiger partial charge on any atom is -0.489 e. The number of carboxylic acids is 1. The van der Waals surface area contributed by atoms with Crippen molar-refractivity contribution in [2.45, 2.75) is 39.8 Å². The van der Waals surface area contributed by atoms with E-state index in [0.29, 0.717) is 22.3 Å². The fourth-order valence-electron chi connectivity index (χ4n) is 2.92. The highest BCUT2D eigenvalue weighted by molar-refractivity contribution is 6.09. The minimum absolute atomic E-state index is 0.0290. The van der Waals surface area contributed by atoms with Crippen LogP contribution in [-0.4, -0.2) is 23.2 Å². The Morgan fingerprint density at radius 2 is 1.81 bits per heavy atom. The standard InChI is InChI=1S/C21H22FNO4/c1-11(2)23-16-10-17-15(9-18(16)26-12(3)4)19(21(24)25)20(27-17)13-5-7-14(22)8-6-13/h5-12,23H,1-4H3,(H,24,25). The summed E-state index contributed by atoms with van der Waals surface area (Å²) in [6.07, 6.45) is -0.0769. The number of hydrogen-bond donors (Lipinski definition) is 2. The number of furan rings is 1. The predicted octanol–water partition coefficient (Wildman–Crippen LogP) is 5.54. The van der Waals surface area contributed by atoms with E-state index < -0.39 is 11.8 Å². The summed E-state index contributed by atoms with van der Waals surface area (Å²) in [6.45, 7) is 7.80. The van der Waals surface area contributed by atoms with Crippen molar-refractivity contribution in [3.05, 3.63) is 47.8 Å². The number of nitrogens with one attached hydrogen (secondary N) is 1. The van der Waals surface area contributed by atoms with E-state index in [1.54, 1.807) is 12.1 Å². The van der Waals surface area contributed by atoms with E-state index in [0.717, 1.165) is 5.69 Å². The number of hydrogen-bond acceptors (Lipinski definition) is 4. The number of carbonyl (C=O) groups is 1. The number of fused-ring (bicyclic) bond motifs is 1. The van der Waals surface area contributed by atoms with E-state index in [1.807, 2.05) is 27.7 Å². The molecule has 0 aliphatic heterocycles. The average Bonchev–Trinajstić information content (AvgIpc) is 2.93. The highest BCUT2D eigenvalue weighted by Gasteiger charge is 2.24. The number of rotatable bonds is 6. The van der Waals surface area contributed by atoms with Gasteiger partial charge in [-0.1, -0.05) is 0 Å². The lowest BCUT2D eigenvalue weighted by Crippen LogP contribution is -2.13. The van der Waals surface area contributed by atoms with Crippen molar-refractivity contribution in [1.82, 2.24) is 0 Å². The molecule has 1 aromatic heterocycles. The summed E-state index contributed by atoms with van der Waals surface area (Å²) in [5.74, 6) is -0.772. The predicted molar refractivity (Wildman–Crippen MR) is 103 cm³/mol. The number of anilines is 1. The summed E-state index contributed by atoms with van der Waals surface area (Å²) >= 11 is 0. The number of halogens is 1. The highest BCUT2D eigenvalue weighted by Crippen LogP contribution is 2.39. The third-order valence-electron chi connectivity index (χ3n) is 3.92. The zero-order valence-corrected chi connectivity index (χ0v) is 15.7. The highest BCUT2D eigenvalue weighted by atomic mass is 19.1. The smallest absolute Gasteiger partial charge is 0.340 e. The zero-order valence-electron chi connectivity index (χ0n) is 15.7. The molecule has 0 atom stereocenters. The van der Waals surface area contributed by atoms with Gasteiger partial charge in [-0.25, -0.2) is 9.18 Å². The topological polar surface area (TPSA) is 71.7 Å². The molecule has 0 radical (unpaired) electrons. The molecule has 3 aromatic rings. The van der Waals surface area contributed by atoms with Crippen molar-refractivity contribution in [1.29, 1.82) is 0 Å². The SMILES string of the molecule is CC(C)Nc1cc2oc(-c3ccc(F)cc3)c(C(=O)O)c2cc1OC(C)C. The van der Waals surface area contributed by atoms with Crippen molar-refractivity contribution in [3.8, 4) is 17.1 Å². The first-order chi connectivity index (χ1) is 12.8. The summed E-state index contributed by atoms with van der Waals surface area (Å²) in [5.41, 5.74) is 1.67. The summed E-state index contributed by atoms with van der Waals surface area (Å²) in [5, 5.41) is 13.5. The second-order valence-electron chi connectivity index (χ2n) is 6.93. The summed E-state index contributed by atoms with van der Waals surface area (Å²) in [4.78, 5) is 11.9. The van der Waals surface area contributed by atoms with Crippen molar-refractivity contribution in [3.63, 3.8) is 0 Å². The van der Waals surface area contributed by atoms with Crippen molar-refractivity contribution in [2.75, 3.05) is 5.32 Å². The third kappa shape index (κ3) is 3.89. The van der Waals surface area contributed by atoms with Gasteiger partial charge in [0.15, 0.2) is 0 Å². The Balaban J connectivity index is 2.25. The molecule has 2 N–H and O–H groups in total. The Kier molecular flexibility index (Phi) is 5.08. The molecule has 0 spiro atoms. The number of ether oxygens (including phenoxy) is 1. The van der Waals surface area contributed by atoms with Crippen LogP contribution in [0.4, 0.5) is 10.1 Å². The molecule has 0 bridgehead atoms. The van der Waals surface area contributed by atoms with E-state index in [-0.39, 0.29) is 23.5 Å². The van der Waals surface area contributed by atoms with E-state index in [1.165, 1.54) is 24.3 Å². The number of aromatic carboxylic acids is 1. The van der Waals surface area contributed by atoms with Gasteiger partial charge >= 0.3 is 5.97 Å². The second-order valence-corrected chi connectivity index (χ2v) is 6.93. The fourth-order valence-corrected chi connectivity index (χ4v) is 2.92. The number of carboxylic acid groups (broad SMARTS) is 1. The lowest BCUT2D eigenvalue weighted by molar-refractivity contribution is 0.0699. The van der Waals surface area contributed by atoms with Gasteiger partial charge in [-0.05, 0) is 58.0 Å². The summed E-state index contributed by atoms with van der Waals surface area (Å²) in [7, 11) is 0. The monoisotopic (exact) mass is 371 g/mol. The van der Waals surface area contributed by atoms with Gasteiger partial charge in [0.1, 0.15) is 28.5 Å². The molecule has 3 rings (SSSR count). The molecule has 0 unspecified atom stereocenters. The molecular weight excluding hydrogens is 349 g/mol. The second kappa shape index (κ2) is 7.31. The van der Waals surface area contributed by atoms with Gasteiger partial charge in [-0.3, -0.25) is 0 Å². The molecule has 6 heteroatoms. The number of benzene rings is 2. The van der Waals surface area contributed by atoms with Crippen LogP contribution in [0, 0.1) is 5.82 Å². The lowest BCUT2D eigenvalue weighted by atomic mass is 10.0. The molecule has 0 aliphatic rings. The van der Waals surface area contributed by atoms with Gasteiger partial charge in [0.05, 0.1) is 11.8 Å². The normalized spacial score (nSPS) is 11.4. The Hall–Kier alpha value is -3.02. The van der Waals surface area contributed by atoms with Crippen LogP contribution in [0.3, 0.4) is 0 Å². The molecule has 27 heavy (non-hydrogen) atoms. The van der Waals surface area contributed by atoms with Gasteiger partial charge in [0, 0.05) is 23.1 Å². The Morgan fingerprint density at radius 3 is 2.37 bits per heavy atom. The first-order valence-electron chi connectivity index (χ1n) is 8.79. The molecule has 1 heterocycles. The zero-order chi connectivity index (χ0) is 19.7. The van der Waals surface area contributed by atoms with Crippen LogP contribution in [0.25, 0.3) is 22.3 Å². The molecule has 0 fully saturated rings. The molecule has 5 nitrogen and oxygen atoms in total. The van der Waals surface area contributed by atoms with Gasteiger partial charge in [-0.15, -0.1) is 0 Å². The van der Waals surface area contributed by atoms with Gasteiger partial charge in [0.25, 0.3) is 0 Å². The Morgan fingerprint density at radius 1 is 1.15 bits per heavy atom. The first kappa shape index (κ1) is 18.8. The quantitative estimate of drug-likeness (QED) is 0.595. The van der Waals surface area contributed by atoms with Gasteiger partial charge < -0.3 is 19.6 Å². The van der Waals surface area contributed by atoms with E-state index >= 15 is 0 Å². The van der Waals surface area contributed by atoms with Crippen molar-refractivity contribution < 1.29 is 23.4 Å². The molecule has 0 saturated heterocycles. The largest absolute Gasteiger partial charge is 0.489 e. The van der Waals surface area contributed by atoms with Gasteiger partial charge in [0.2, 0.25) is 0 Å². The fraction of sp³-hybridized carbons (Fsp3) is 0.286. The van der Waals surface area contributed by atoms with E-state index in [9.17, 15) is 14.3 Å². The first-order valence-corrected chi connectivity index (χ1v) is 8.79. The average molecular weight is 371 g/mol. The summed E-state index contributed by atoms with van der Waals surface area (Å²) < 4.78 is 25.0. The molecule has 0 saturated carbocycles. The van der Waals surface area contributed by atoms with E-state index in [4.69, 9.17) is 9.15 Å². The van der Waals surface area contributed by atoms with Crippen LogP contribution < -0.4 is 10.1 Å². The molecule has 2 aromatic carbocycles. The maximum atomic E-state index is 13.2. The third-order valence-corrected chi connectivity index (χ3v) is 3.92. The molecule has 0 aliphatic carbocycles. The van der Waals surface area contributed by atoms with Crippen molar-refractivity contribution >= 4 is 22.6 Å². The maximum Gasteiger partial charge on any atom is 0.340 e. The summed E-state index contributed by atoms with van der Waals surface area (Å²) in [6, 6.07) is 9.12. The van der Waals surface area contributed by atoms with Crippen LogP contribution in [0.1, 0.15) is 38.1 Å². The Labute approximate surface area is 156 Å². The molecular formula is C21H22FNO4. The molecule has 0 amide bonds. The van der Waals surface area contributed by atoms with Crippen LogP contribution in [-0.2, 0) is 0 Å². The van der Waals surface area contributed by atoms with Crippen LogP contribution in [0.5, 0.6) is 5.75 Å². The van der Waals surface area contributed by atoms with Crippen LogP contribution in [0.15, 0.2) is 40.8 Å². The minimum atomic E-state index is -1.12. The maximum absolute atomic E-state index is 13.2. The molecule has 142 valence electrons. The lowest BCUT2D eigenvalue weighted by Gasteiger charge is -2.17. The van der Waals surface area contributed by atoms with Crippen molar-refractivity contribution in [2.24, 2.45) is 0 Å². The van der Waals surface area contributed by atoms with E-state index in [2.05, 4.69) is 5.32 Å². The van der Waals surface area contributed by atoms with Crippen LogP contribution >= 0.6 is 0 Å². The van der Waals surface area contributed by atoms with Crippen LogP contribution in [0.2, 0.25) is 0 Å². The van der Waals surface area contributed by atoms with Gasteiger partial charge in [-0.2, -0.15) is 0 Å².